The highest BCUT2D eigenvalue weighted by Crippen LogP contribution is 2.24. The van der Waals surface area contributed by atoms with Gasteiger partial charge in [-0.15, -0.1) is 0 Å². The summed E-state index contributed by atoms with van der Waals surface area (Å²) in [5.41, 5.74) is 3.76. The summed E-state index contributed by atoms with van der Waals surface area (Å²) in [7, 11) is 3.73. The van der Waals surface area contributed by atoms with Crippen molar-refractivity contribution in [2.24, 2.45) is 0 Å². The Morgan fingerprint density at radius 1 is 1.29 bits per heavy atom. The van der Waals surface area contributed by atoms with Gasteiger partial charge in [0.25, 0.3) is 0 Å². The van der Waals surface area contributed by atoms with E-state index in [2.05, 4.69) is 30.9 Å². The summed E-state index contributed by atoms with van der Waals surface area (Å²) >= 11 is 0. The molecule has 0 spiro atoms. The third kappa shape index (κ3) is 3.47. The number of ether oxygens (including phenoxy) is 1. The maximum absolute atomic E-state index is 8.56. The molecule has 0 aromatic heterocycles. The number of nitriles is 1. The molecule has 0 aliphatic heterocycles. The smallest absolute Gasteiger partial charge is 0.122 e. The van der Waals surface area contributed by atoms with Crippen LogP contribution in [-0.4, -0.2) is 25.6 Å². The lowest BCUT2D eigenvalue weighted by molar-refractivity contribution is 0.333. The normalized spacial score (nSPS) is 10.4. The molecule has 0 bridgehead atoms. The van der Waals surface area contributed by atoms with Gasteiger partial charge < -0.3 is 9.64 Å². The minimum atomic E-state index is 0.574. The SMILES string of the molecule is COc1ccc(CN(C)CCC#N)c(C)c1C. The molecule has 0 saturated carbocycles. The molecule has 0 N–H and O–H groups in total. The van der Waals surface area contributed by atoms with Crippen molar-refractivity contribution >= 4 is 0 Å². The molecule has 0 radical (unpaired) electrons. The standard InChI is InChI=1S/C14H20N2O/c1-11-12(2)14(17-4)7-6-13(11)10-16(3)9-5-8-15/h6-7H,5,9-10H2,1-4H3. The van der Waals surface area contributed by atoms with E-state index in [1.165, 1.54) is 16.7 Å². The van der Waals surface area contributed by atoms with E-state index in [9.17, 15) is 0 Å². The fraction of sp³-hybridized carbons (Fsp3) is 0.500. The summed E-state index contributed by atoms with van der Waals surface area (Å²) in [6.45, 7) is 5.87. The van der Waals surface area contributed by atoms with Gasteiger partial charge in [0.15, 0.2) is 0 Å². The summed E-state index contributed by atoms with van der Waals surface area (Å²) in [5.74, 6) is 0.936. The molecule has 92 valence electrons. The number of nitrogens with zero attached hydrogens (tertiary/aromatic N) is 2. The fourth-order valence-corrected chi connectivity index (χ4v) is 1.86. The van der Waals surface area contributed by atoms with E-state index < -0.39 is 0 Å². The molecule has 3 heteroatoms. The van der Waals surface area contributed by atoms with E-state index in [1.807, 2.05) is 13.1 Å². The molecule has 1 rings (SSSR count). The molecule has 0 fully saturated rings. The average molecular weight is 232 g/mol. The first-order chi connectivity index (χ1) is 8.10. The van der Waals surface area contributed by atoms with Crippen LogP contribution in [0.3, 0.4) is 0 Å². The van der Waals surface area contributed by atoms with Crippen LogP contribution in [0.15, 0.2) is 12.1 Å². The van der Waals surface area contributed by atoms with Crippen LogP contribution in [0.2, 0.25) is 0 Å². The second-order valence-electron chi connectivity index (χ2n) is 4.32. The zero-order valence-electron chi connectivity index (χ0n) is 11.1. The average Bonchev–Trinajstić information content (AvgIpc) is 2.33. The van der Waals surface area contributed by atoms with E-state index in [1.54, 1.807) is 7.11 Å². The van der Waals surface area contributed by atoms with Crippen LogP contribution < -0.4 is 4.74 Å². The first-order valence-electron chi connectivity index (χ1n) is 5.78. The van der Waals surface area contributed by atoms with Gasteiger partial charge in [0.2, 0.25) is 0 Å². The molecule has 0 aliphatic carbocycles. The first-order valence-corrected chi connectivity index (χ1v) is 5.78. The topological polar surface area (TPSA) is 36.3 Å². The number of rotatable bonds is 5. The number of methoxy groups -OCH3 is 1. The van der Waals surface area contributed by atoms with Crippen LogP contribution in [0, 0.1) is 25.2 Å². The lowest BCUT2D eigenvalue weighted by Gasteiger charge is -2.18. The lowest BCUT2D eigenvalue weighted by atomic mass is 10.0. The highest BCUT2D eigenvalue weighted by molar-refractivity contribution is 5.43. The Hall–Kier alpha value is -1.53. The second-order valence-corrected chi connectivity index (χ2v) is 4.32. The number of hydrogen-bond donors (Lipinski definition) is 0. The Morgan fingerprint density at radius 2 is 2.00 bits per heavy atom. The third-order valence-corrected chi connectivity index (χ3v) is 3.12. The number of benzene rings is 1. The van der Waals surface area contributed by atoms with E-state index in [0.717, 1.165) is 18.8 Å². The largest absolute Gasteiger partial charge is 0.496 e. The Kier molecular flexibility index (Phi) is 4.99. The van der Waals surface area contributed by atoms with Gasteiger partial charge >= 0.3 is 0 Å². The van der Waals surface area contributed by atoms with Gasteiger partial charge in [-0.2, -0.15) is 5.26 Å². The molecule has 1 aromatic rings. The van der Waals surface area contributed by atoms with Gasteiger partial charge in [0.05, 0.1) is 13.2 Å². The predicted molar refractivity (Wildman–Crippen MR) is 69.0 cm³/mol. The molecule has 0 saturated heterocycles. The molecule has 0 heterocycles. The second kappa shape index (κ2) is 6.27. The van der Waals surface area contributed by atoms with Crippen molar-refractivity contribution in [3.63, 3.8) is 0 Å². The summed E-state index contributed by atoms with van der Waals surface area (Å²) in [4.78, 5) is 2.16. The van der Waals surface area contributed by atoms with Crippen molar-refractivity contribution in [1.82, 2.24) is 4.90 Å². The van der Waals surface area contributed by atoms with Gasteiger partial charge in [0.1, 0.15) is 5.75 Å². The Morgan fingerprint density at radius 3 is 2.59 bits per heavy atom. The Bertz CT molecular complexity index is 421. The van der Waals surface area contributed by atoms with Crippen LogP contribution >= 0.6 is 0 Å². The van der Waals surface area contributed by atoms with Crippen LogP contribution in [0.25, 0.3) is 0 Å². The minimum absolute atomic E-state index is 0.574. The van der Waals surface area contributed by atoms with Gasteiger partial charge in [0, 0.05) is 19.5 Å². The highest BCUT2D eigenvalue weighted by Gasteiger charge is 2.08. The van der Waals surface area contributed by atoms with Crippen molar-refractivity contribution in [3.8, 4) is 11.8 Å². The maximum atomic E-state index is 8.56. The number of hydrogen-bond acceptors (Lipinski definition) is 3. The van der Waals surface area contributed by atoms with Crippen LogP contribution in [-0.2, 0) is 6.54 Å². The molecular formula is C14H20N2O. The summed E-state index contributed by atoms with van der Waals surface area (Å²) in [6, 6.07) is 6.28. The molecule has 0 amide bonds. The summed E-state index contributed by atoms with van der Waals surface area (Å²) in [5, 5.41) is 8.56. The highest BCUT2D eigenvalue weighted by atomic mass is 16.5. The van der Waals surface area contributed by atoms with Gasteiger partial charge in [-0.3, -0.25) is 0 Å². The van der Waals surface area contributed by atoms with E-state index in [0.29, 0.717) is 6.42 Å². The maximum Gasteiger partial charge on any atom is 0.122 e. The monoisotopic (exact) mass is 232 g/mol. The van der Waals surface area contributed by atoms with Crippen molar-refractivity contribution in [1.29, 1.82) is 5.26 Å². The van der Waals surface area contributed by atoms with Gasteiger partial charge in [-0.25, -0.2) is 0 Å². The summed E-state index contributed by atoms with van der Waals surface area (Å²) in [6.07, 6.45) is 0.574. The molecule has 3 nitrogen and oxygen atoms in total. The Labute approximate surface area is 104 Å². The molecule has 1 aromatic carbocycles. The third-order valence-electron chi connectivity index (χ3n) is 3.12. The van der Waals surface area contributed by atoms with E-state index >= 15 is 0 Å². The zero-order chi connectivity index (χ0) is 12.8. The van der Waals surface area contributed by atoms with E-state index in [4.69, 9.17) is 10.00 Å². The molecule has 0 aliphatic rings. The van der Waals surface area contributed by atoms with Crippen molar-refractivity contribution in [2.45, 2.75) is 26.8 Å². The van der Waals surface area contributed by atoms with Crippen LogP contribution in [0.4, 0.5) is 0 Å². The predicted octanol–water partition coefficient (Wildman–Crippen LogP) is 2.66. The Balaban J connectivity index is 2.79. The van der Waals surface area contributed by atoms with Crippen molar-refractivity contribution in [2.75, 3.05) is 20.7 Å². The lowest BCUT2D eigenvalue weighted by Crippen LogP contribution is -2.19. The zero-order valence-corrected chi connectivity index (χ0v) is 11.1. The fourth-order valence-electron chi connectivity index (χ4n) is 1.86. The summed E-state index contributed by atoms with van der Waals surface area (Å²) < 4.78 is 5.29. The van der Waals surface area contributed by atoms with Gasteiger partial charge in [-0.05, 0) is 43.7 Å². The van der Waals surface area contributed by atoms with Crippen molar-refractivity contribution < 1.29 is 4.74 Å². The van der Waals surface area contributed by atoms with E-state index in [-0.39, 0.29) is 0 Å². The van der Waals surface area contributed by atoms with Gasteiger partial charge in [-0.1, -0.05) is 6.07 Å². The molecule has 17 heavy (non-hydrogen) atoms. The van der Waals surface area contributed by atoms with Crippen LogP contribution in [0.5, 0.6) is 5.75 Å². The molecule has 0 unspecified atom stereocenters. The van der Waals surface area contributed by atoms with Crippen molar-refractivity contribution in [3.05, 3.63) is 28.8 Å². The first kappa shape index (κ1) is 13.5. The minimum Gasteiger partial charge on any atom is -0.496 e. The quantitative estimate of drug-likeness (QED) is 0.783. The molecule has 0 atom stereocenters. The molecular weight excluding hydrogens is 212 g/mol. The van der Waals surface area contributed by atoms with Crippen LogP contribution in [0.1, 0.15) is 23.1 Å².